The van der Waals surface area contributed by atoms with E-state index in [0.29, 0.717) is 0 Å². The molecule has 0 atom stereocenters. The molecule has 0 aliphatic heterocycles. The molecule has 0 aromatic heterocycles. The Hall–Kier alpha value is -1.44. The fraction of sp³-hybridized carbons (Fsp3) is 0.0476. The van der Waals surface area contributed by atoms with Gasteiger partial charge in [-0.05, 0) is 0 Å². The number of halogens is 1. The molecule has 0 radical (unpaired) electrons. The summed E-state index contributed by atoms with van der Waals surface area (Å²) in [6.45, 7) is 6.30. The first-order chi connectivity index (χ1) is 11.1. The van der Waals surface area contributed by atoms with Crippen LogP contribution in [0.1, 0.15) is 5.56 Å². The van der Waals surface area contributed by atoms with Gasteiger partial charge in [0.25, 0.3) is 0 Å². The van der Waals surface area contributed by atoms with Gasteiger partial charge in [-0.3, -0.25) is 0 Å². The second-order valence-corrected chi connectivity index (χ2v) is 17.5. The molecule has 0 fully saturated rings. The van der Waals surface area contributed by atoms with Crippen molar-refractivity contribution in [1.29, 1.82) is 0 Å². The Balaban J connectivity index is 2.32. The molecule has 0 amide bonds. The van der Waals surface area contributed by atoms with Crippen molar-refractivity contribution in [1.82, 2.24) is 0 Å². The minimum atomic E-state index is -2.48. The quantitative estimate of drug-likeness (QED) is 0.397. The van der Waals surface area contributed by atoms with Crippen LogP contribution in [-0.2, 0) is 0 Å². The van der Waals surface area contributed by atoms with Gasteiger partial charge in [0.05, 0.1) is 0 Å². The van der Waals surface area contributed by atoms with Crippen LogP contribution >= 0.6 is 26.3 Å². The molecule has 0 aliphatic carbocycles. The van der Waals surface area contributed by atoms with Gasteiger partial charge in [0.2, 0.25) is 0 Å². The van der Waals surface area contributed by atoms with Gasteiger partial charge >= 0.3 is 152 Å². The molecule has 116 valence electrons. The van der Waals surface area contributed by atoms with Crippen LogP contribution in [0.25, 0.3) is 6.08 Å². The van der Waals surface area contributed by atoms with Gasteiger partial charge in [-0.15, -0.1) is 0 Å². The van der Waals surface area contributed by atoms with Crippen LogP contribution in [-0.4, -0.2) is 6.66 Å². The summed E-state index contributed by atoms with van der Waals surface area (Å²) in [6, 6.07) is 30.6. The van der Waals surface area contributed by atoms with Gasteiger partial charge in [-0.25, -0.2) is 0 Å². The molecule has 0 aliphatic rings. The molecule has 2 heteroatoms. The summed E-state index contributed by atoms with van der Waals surface area (Å²) in [5.41, 5.74) is 1.16. The number of benzene rings is 3. The average Bonchev–Trinajstić information content (AvgIpc) is 2.63. The third kappa shape index (κ3) is 2.77. The Morgan fingerprint density at radius 3 is 1.48 bits per heavy atom. The van der Waals surface area contributed by atoms with Crippen LogP contribution in [0.15, 0.2) is 91.5 Å². The standard InChI is InChI=1S/C21H20IP/c1-3-18-14-16-21(17-15-18)23(2,22,19-10-6-4-7-11-19)20-12-8-5-9-13-20/h3-17H,1H2,2H3. The SMILES string of the molecule is C=Cc1ccc(P(C)(I)(c2ccccc2)c2ccccc2)cc1. The third-order valence-corrected chi connectivity index (χ3v) is 14.1. The van der Waals surface area contributed by atoms with Crippen molar-refractivity contribution in [2.24, 2.45) is 0 Å². The number of hydrogen-bond donors (Lipinski definition) is 0. The predicted molar refractivity (Wildman–Crippen MR) is 115 cm³/mol. The van der Waals surface area contributed by atoms with Crippen molar-refractivity contribution in [3.05, 3.63) is 97.1 Å². The fourth-order valence-electron chi connectivity index (χ4n) is 2.98. The van der Waals surface area contributed by atoms with Crippen molar-refractivity contribution in [2.75, 3.05) is 6.66 Å². The first-order valence-electron chi connectivity index (χ1n) is 7.63. The Labute approximate surface area is 151 Å². The van der Waals surface area contributed by atoms with Crippen molar-refractivity contribution in [2.45, 2.75) is 0 Å². The molecule has 0 saturated heterocycles. The molecule has 0 unspecified atom stereocenters. The number of rotatable bonds is 4. The molecule has 3 aromatic carbocycles. The Bertz CT molecular complexity index is 762. The van der Waals surface area contributed by atoms with E-state index < -0.39 is 4.25 Å². The molecule has 0 spiro atoms. The summed E-state index contributed by atoms with van der Waals surface area (Å²) in [6.07, 6.45) is 1.90. The normalized spacial score (nSPS) is 13.0. The van der Waals surface area contributed by atoms with Crippen LogP contribution in [0, 0.1) is 0 Å². The topological polar surface area (TPSA) is 0 Å². The molecule has 23 heavy (non-hydrogen) atoms. The van der Waals surface area contributed by atoms with Crippen LogP contribution in [0.5, 0.6) is 0 Å². The van der Waals surface area contributed by atoms with E-state index in [9.17, 15) is 0 Å². The van der Waals surface area contributed by atoms with Crippen molar-refractivity contribution in [3.8, 4) is 0 Å². The second-order valence-electron chi connectivity index (χ2n) is 5.90. The van der Waals surface area contributed by atoms with Crippen LogP contribution in [0.3, 0.4) is 0 Å². The van der Waals surface area contributed by atoms with E-state index >= 15 is 0 Å². The van der Waals surface area contributed by atoms with Crippen LogP contribution < -0.4 is 15.9 Å². The second kappa shape index (κ2) is 6.22. The van der Waals surface area contributed by atoms with E-state index in [-0.39, 0.29) is 0 Å². The molecule has 3 rings (SSSR count). The van der Waals surface area contributed by atoms with E-state index in [1.807, 2.05) is 6.08 Å². The molecule has 0 N–H and O–H groups in total. The molecule has 0 saturated carbocycles. The molecular weight excluding hydrogens is 410 g/mol. The molecular formula is C21H20IP. The van der Waals surface area contributed by atoms with Gasteiger partial charge in [0.1, 0.15) is 0 Å². The summed E-state index contributed by atoms with van der Waals surface area (Å²) < 4.78 is -2.48. The molecule has 3 aromatic rings. The van der Waals surface area contributed by atoms with Gasteiger partial charge in [0, 0.05) is 0 Å². The van der Waals surface area contributed by atoms with Crippen LogP contribution in [0.4, 0.5) is 0 Å². The summed E-state index contributed by atoms with van der Waals surface area (Å²) in [4.78, 5) is 0. The van der Waals surface area contributed by atoms with Gasteiger partial charge in [-0.1, -0.05) is 0 Å². The first kappa shape index (κ1) is 16.4. The van der Waals surface area contributed by atoms with E-state index in [1.165, 1.54) is 15.9 Å². The minimum absolute atomic E-state index is 1.16. The van der Waals surface area contributed by atoms with Crippen molar-refractivity contribution < 1.29 is 0 Å². The van der Waals surface area contributed by atoms with E-state index in [4.69, 9.17) is 0 Å². The summed E-state index contributed by atoms with van der Waals surface area (Å²) in [7, 11) is 0. The Morgan fingerprint density at radius 1 is 0.696 bits per heavy atom. The maximum absolute atomic E-state index is 3.87. The summed E-state index contributed by atoms with van der Waals surface area (Å²) >= 11 is 2.74. The molecule has 0 nitrogen and oxygen atoms in total. The molecule has 0 bridgehead atoms. The molecule has 0 heterocycles. The number of hydrogen-bond acceptors (Lipinski definition) is 0. The van der Waals surface area contributed by atoms with Gasteiger partial charge in [-0.2, -0.15) is 0 Å². The van der Waals surface area contributed by atoms with Gasteiger partial charge in [0.15, 0.2) is 0 Å². The van der Waals surface area contributed by atoms with Crippen LogP contribution in [0.2, 0.25) is 0 Å². The zero-order valence-electron chi connectivity index (χ0n) is 13.2. The third-order valence-electron chi connectivity index (χ3n) is 4.48. The Kier molecular flexibility index (Phi) is 4.44. The monoisotopic (exact) mass is 430 g/mol. The van der Waals surface area contributed by atoms with Gasteiger partial charge < -0.3 is 0 Å². The maximum atomic E-state index is 3.87. The predicted octanol–water partition coefficient (Wildman–Crippen LogP) is 5.14. The van der Waals surface area contributed by atoms with Crippen molar-refractivity contribution in [3.63, 3.8) is 0 Å². The summed E-state index contributed by atoms with van der Waals surface area (Å²) in [5, 5.41) is 4.19. The fourth-order valence-corrected chi connectivity index (χ4v) is 9.39. The Morgan fingerprint density at radius 2 is 1.09 bits per heavy atom. The zero-order chi connectivity index (χ0) is 16.4. The zero-order valence-corrected chi connectivity index (χ0v) is 16.2. The van der Waals surface area contributed by atoms with E-state index in [0.717, 1.165) is 5.56 Å². The average molecular weight is 430 g/mol. The van der Waals surface area contributed by atoms with E-state index in [2.05, 4.69) is 120 Å². The van der Waals surface area contributed by atoms with E-state index in [1.54, 1.807) is 0 Å². The summed E-state index contributed by atoms with van der Waals surface area (Å²) in [5.74, 6) is 0. The van der Waals surface area contributed by atoms with Crippen molar-refractivity contribution >= 4 is 48.3 Å². The first-order valence-corrected chi connectivity index (χ1v) is 13.1.